The van der Waals surface area contributed by atoms with Gasteiger partial charge in [0.1, 0.15) is 0 Å². The number of aromatic nitrogens is 1. The van der Waals surface area contributed by atoms with Crippen LogP contribution < -0.4 is 0 Å². The van der Waals surface area contributed by atoms with Crippen LogP contribution in [0.5, 0.6) is 0 Å². The zero-order chi connectivity index (χ0) is 10.7. The molecule has 0 aliphatic heterocycles. The monoisotopic (exact) mass is 199 g/mol. The van der Waals surface area contributed by atoms with E-state index in [0.29, 0.717) is 6.42 Å². The fourth-order valence-electron chi connectivity index (χ4n) is 1.57. The Labute approximate surface area is 89.2 Å². The van der Waals surface area contributed by atoms with E-state index >= 15 is 0 Å². The second-order valence-corrected chi connectivity index (χ2v) is 3.58. The number of carbonyl (C=O) groups excluding carboxylic acids is 1. The van der Waals surface area contributed by atoms with Crippen molar-refractivity contribution >= 4 is 5.78 Å². The van der Waals surface area contributed by atoms with Gasteiger partial charge in [0, 0.05) is 24.5 Å². The van der Waals surface area contributed by atoms with Gasteiger partial charge in [0.2, 0.25) is 0 Å². The van der Waals surface area contributed by atoms with Crippen LogP contribution in [-0.2, 0) is 13.5 Å². The average molecular weight is 199 g/mol. The summed E-state index contributed by atoms with van der Waals surface area (Å²) < 4.78 is 1.97. The molecule has 0 aliphatic carbocycles. The maximum Gasteiger partial charge on any atom is 0.168 e. The Morgan fingerprint density at radius 1 is 1.13 bits per heavy atom. The predicted molar refractivity (Wildman–Crippen MR) is 59.9 cm³/mol. The number of aryl methyl sites for hydroxylation is 1. The first-order chi connectivity index (χ1) is 7.27. The smallest absolute Gasteiger partial charge is 0.168 e. The van der Waals surface area contributed by atoms with Crippen molar-refractivity contribution in [2.45, 2.75) is 6.42 Å². The van der Waals surface area contributed by atoms with E-state index in [1.54, 1.807) is 0 Å². The minimum Gasteiger partial charge on any atom is -0.354 e. The maximum absolute atomic E-state index is 11.9. The largest absolute Gasteiger partial charge is 0.354 e. The standard InChI is InChI=1S/C13H13NO/c1-14-9-5-8-12(14)10-13(15)11-6-3-2-4-7-11/h2-9H,10H2,1H3. The third-order valence-corrected chi connectivity index (χ3v) is 2.49. The molecule has 1 aromatic carbocycles. The molecule has 0 N–H and O–H groups in total. The summed E-state index contributed by atoms with van der Waals surface area (Å²) in [4.78, 5) is 11.9. The number of Topliss-reactive ketones (excluding diaryl/α,β-unsaturated/α-hetero) is 1. The van der Waals surface area contributed by atoms with Crippen LogP contribution in [0.2, 0.25) is 0 Å². The van der Waals surface area contributed by atoms with Gasteiger partial charge in [0.15, 0.2) is 5.78 Å². The number of nitrogens with zero attached hydrogens (tertiary/aromatic N) is 1. The van der Waals surface area contributed by atoms with Crippen LogP contribution >= 0.6 is 0 Å². The number of hydrogen-bond acceptors (Lipinski definition) is 1. The third-order valence-electron chi connectivity index (χ3n) is 2.49. The molecule has 0 saturated carbocycles. The van der Waals surface area contributed by atoms with Crippen molar-refractivity contribution in [1.29, 1.82) is 0 Å². The summed E-state index contributed by atoms with van der Waals surface area (Å²) in [5, 5.41) is 0. The number of hydrogen-bond donors (Lipinski definition) is 0. The molecule has 0 spiro atoms. The topological polar surface area (TPSA) is 22.0 Å². The highest BCUT2D eigenvalue weighted by Gasteiger charge is 2.07. The van der Waals surface area contributed by atoms with Gasteiger partial charge in [-0.25, -0.2) is 0 Å². The van der Waals surface area contributed by atoms with Crippen molar-refractivity contribution in [3.05, 3.63) is 59.9 Å². The molecule has 0 aliphatic rings. The molecular formula is C13H13NO. The Morgan fingerprint density at radius 3 is 2.47 bits per heavy atom. The molecule has 0 amide bonds. The summed E-state index contributed by atoms with van der Waals surface area (Å²) in [6, 6.07) is 13.3. The molecule has 15 heavy (non-hydrogen) atoms. The van der Waals surface area contributed by atoms with Gasteiger partial charge in [0.25, 0.3) is 0 Å². The first kappa shape index (κ1) is 9.71. The van der Waals surface area contributed by atoms with Crippen molar-refractivity contribution in [1.82, 2.24) is 4.57 Å². The quantitative estimate of drug-likeness (QED) is 0.696. The lowest BCUT2D eigenvalue weighted by Gasteiger charge is -2.02. The number of rotatable bonds is 3. The maximum atomic E-state index is 11.9. The Balaban J connectivity index is 2.15. The molecule has 1 heterocycles. The van der Waals surface area contributed by atoms with Crippen molar-refractivity contribution in [3.63, 3.8) is 0 Å². The lowest BCUT2D eigenvalue weighted by atomic mass is 10.1. The number of ketones is 1. The molecule has 2 heteroatoms. The summed E-state index contributed by atoms with van der Waals surface area (Å²) in [6.45, 7) is 0. The first-order valence-corrected chi connectivity index (χ1v) is 4.96. The first-order valence-electron chi connectivity index (χ1n) is 4.96. The normalized spacial score (nSPS) is 10.2. The van der Waals surface area contributed by atoms with Crippen LogP contribution in [0, 0.1) is 0 Å². The minimum atomic E-state index is 0.164. The fourth-order valence-corrected chi connectivity index (χ4v) is 1.57. The van der Waals surface area contributed by atoms with Crippen molar-refractivity contribution in [2.75, 3.05) is 0 Å². The van der Waals surface area contributed by atoms with Gasteiger partial charge >= 0.3 is 0 Å². The summed E-state index contributed by atoms with van der Waals surface area (Å²) in [7, 11) is 1.95. The van der Waals surface area contributed by atoms with Gasteiger partial charge in [-0.1, -0.05) is 30.3 Å². The van der Waals surface area contributed by atoms with Crippen molar-refractivity contribution in [3.8, 4) is 0 Å². The summed E-state index contributed by atoms with van der Waals surface area (Å²) in [5.41, 5.74) is 1.82. The lowest BCUT2D eigenvalue weighted by molar-refractivity contribution is 0.0991. The van der Waals surface area contributed by atoms with E-state index in [1.165, 1.54) is 0 Å². The van der Waals surface area contributed by atoms with Crippen LogP contribution in [0.4, 0.5) is 0 Å². The summed E-state index contributed by atoms with van der Waals surface area (Å²) >= 11 is 0. The minimum absolute atomic E-state index is 0.164. The van der Waals surface area contributed by atoms with E-state index in [2.05, 4.69) is 0 Å². The zero-order valence-corrected chi connectivity index (χ0v) is 8.68. The summed E-state index contributed by atoms with van der Waals surface area (Å²) in [5.74, 6) is 0.164. The third kappa shape index (κ3) is 2.15. The van der Waals surface area contributed by atoms with E-state index in [0.717, 1.165) is 11.3 Å². The predicted octanol–water partition coefficient (Wildman–Crippen LogP) is 2.45. The van der Waals surface area contributed by atoms with Gasteiger partial charge in [-0.15, -0.1) is 0 Å². The Kier molecular flexibility index (Phi) is 2.68. The van der Waals surface area contributed by atoms with Crippen LogP contribution in [0.3, 0.4) is 0 Å². The SMILES string of the molecule is Cn1cccc1CC(=O)c1ccccc1. The van der Waals surface area contributed by atoms with Gasteiger partial charge in [0.05, 0.1) is 6.42 Å². The van der Waals surface area contributed by atoms with Crippen LogP contribution in [0.25, 0.3) is 0 Å². The van der Waals surface area contributed by atoms with Crippen LogP contribution in [0.15, 0.2) is 48.7 Å². The Morgan fingerprint density at radius 2 is 1.87 bits per heavy atom. The molecule has 0 fully saturated rings. The van der Waals surface area contributed by atoms with Crippen LogP contribution in [0.1, 0.15) is 16.1 Å². The average Bonchev–Trinajstić information content (AvgIpc) is 2.66. The molecule has 0 unspecified atom stereocenters. The second-order valence-electron chi connectivity index (χ2n) is 3.58. The highest BCUT2D eigenvalue weighted by molar-refractivity contribution is 5.97. The van der Waals surface area contributed by atoms with E-state index in [4.69, 9.17) is 0 Å². The molecule has 2 rings (SSSR count). The molecule has 2 aromatic rings. The zero-order valence-electron chi connectivity index (χ0n) is 8.68. The Hall–Kier alpha value is -1.83. The van der Waals surface area contributed by atoms with Gasteiger partial charge < -0.3 is 4.57 Å². The summed E-state index contributed by atoms with van der Waals surface area (Å²) in [6.07, 6.45) is 2.42. The molecule has 1 aromatic heterocycles. The van der Waals surface area contributed by atoms with Gasteiger partial charge in [-0.3, -0.25) is 4.79 Å². The molecule has 2 nitrogen and oxygen atoms in total. The molecule has 0 bridgehead atoms. The van der Waals surface area contributed by atoms with E-state index < -0.39 is 0 Å². The highest BCUT2D eigenvalue weighted by Crippen LogP contribution is 2.07. The fraction of sp³-hybridized carbons (Fsp3) is 0.154. The molecular weight excluding hydrogens is 186 g/mol. The number of carbonyl (C=O) groups is 1. The van der Waals surface area contributed by atoms with Gasteiger partial charge in [-0.05, 0) is 12.1 Å². The Bertz CT molecular complexity index is 456. The van der Waals surface area contributed by atoms with Gasteiger partial charge in [-0.2, -0.15) is 0 Å². The van der Waals surface area contributed by atoms with E-state index in [-0.39, 0.29) is 5.78 Å². The molecule has 76 valence electrons. The molecule has 0 radical (unpaired) electrons. The van der Waals surface area contributed by atoms with Crippen LogP contribution in [-0.4, -0.2) is 10.4 Å². The second kappa shape index (κ2) is 4.13. The van der Waals surface area contributed by atoms with E-state index in [1.807, 2.05) is 60.3 Å². The number of benzene rings is 1. The highest BCUT2D eigenvalue weighted by atomic mass is 16.1. The lowest BCUT2D eigenvalue weighted by Crippen LogP contribution is -2.06. The molecule has 0 atom stereocenters. The molecule has 0 saturated heterocycles. The van der Waals surface area contributed by atoms with E-state index in [9.17, 15) is 4.79 Å². The van der Waals surface area contributed by atoms with Crippen molar-refractivity contribution in [2.24, 2.45) is 7.05 Å². The van der Waals surface area contributed by atoms with Crippen molar-refractivity contribution < 1.29 is 4.79 Å².